The summed E-state index contributed by atoms with van der Waals surface area (Å²) in [5, 5.41) is 11.4. The van der Waals surface area contributed by atoms with Gasteiger partial charge in [-0.15, -0.1) is 11.3 Å². The highest BCUT2D eigenvalue weighted by molar-refractivity contribution is 9.10. The molecule has 0 aliphatic heterocycles. The molecule has 0 spiro atoms. The zero-order valence-electron chi connectivity index (χ0n) is 9.11. The minimum Gasteiger partial charge on any atom is -0.481 e. The van der Waals surface area contributed by atoms with Gasteiger partial charge in [-0.25, -0.2) is 4.98 Å². The summed E-state index contributed by atoms with van der Waals surface area (Å²) in [7, 11) is 0. The van der Waals surface area contributed by atoms with Gasteiger partial charge in [-0.3, -0.25) is 4.79 Å². The average molecular weight is 312 g/mol. The third kappa shape index (κ3) is 2.92. The summed E-state index contributed by atoms with van der Waals surface area (Å²) in [4.78, 5) is 14.9. The molecule has 17 heavy (non-hydrogen) atoms. The molecule has 1 aromatic heterocycles. The molecule has 3 nitrogen and oxygen atoms in total. The molecule has 1 N–H and O–H groups in total. The molecular formula is C12H10BrNO2S. The summed E-state index contributed by atoms with van der Waals surface area (Å²) in [6.45, 7) is 2.01. The zero-order valence-corrected chi connectivity index (χ0v) is 11.5. The molecule has 0 saturated heterocycles. The van der Waals surface area contributed by atoms with E-state index >= 15 is 0 Å². The lowest BCUT2D eigenvalue weighted by Gasteiger charge is -2.02. The molecule has 0 amide bonds. The number of thiazole rings is 1. The number of halogens is 1. The Morgan fingerprint density at radius 1 is 1.53 bits per heavy atom. The van der Waals surface area contributed by atoms with Crippen molar-refractivity contribution in [3.63, 3.8) is 0 Å². The summed E-state index contributed by atoms with van der Waals surface area (Å²) < 4.78 is 1.03. The third-order valence-electron chi connectivity index (χ3n) is 2.30. The Balaban J connectivity index is 2.33. The van der Waals surface area contributed by atoms with Crippen LogP contribution in [0.15, 0.2) is 28.1 Å². The second-order valence-electron chi connectivity index (χ2n) is 3.67. The monoisotopic (exact) mass is 311 g/mol. The predicted molar refractivity (Wildman–Crippen MR) is 71.3 cm³/mol. The van der Waals surface area contributed by atoms with Crippen LogP contribution in [-0.2, 0) is 11.2 Å². The predicted octanol–water partition coefficient (Wildman–Crippen LogP) is 3.51. The Labute approximate surface area is 111 Å². The molecule has 0 saturated carbocycles. The van der Waals surface area contributed by atoms with E-state index in [2.05, 4.69) is 20.9 Å². The van der Waals surface area contributed by atoms with Crippen LogP contribution in [0, 0.1) is 6.92 Å². The Hall–Kier alpha value is -1.20. The van der Waals surface area contributed by atoms with Crippen LogP contribution in [0.5, 0.6) is 0 Å². The van der Waals surface area contributed by atoms with Crippen molar-refractivity contribution in [1.29, 1.82) is 0 Å². The second kappa shape index (κ2) is 4.98. The molecule has 0 fully saturated rings. The molecule has 0 aliphatic carbocycles. The minimum atomic E-state index is -0.852. The molecule has 1 aromatic carbocycles. The lowest BCUT2D eigenvalue weighted by atomic mass is 10.1. The van der Waals surface area contributed by atoms with Crippen molar-refractivity contribution in [2.45, 2.75) is 13.3 Å². The number of carboxylic acids is 1. The van der Waals surface area contributed by atoms with Gasteiger partial charge in [0.25, 0.3) is 0 Å². The standard InChI is InChI=1S/C12H10BrNO2S/c1-7-4-8(13)2-3-10(7)12-14-9(6-17-12)5-11(15)16/h2-4,6H,5H2,1H3,(H,15,16). The Morgan fingerprint density at radius 3 is 2.94 bits per heavy atom. The van der Waals surface area contributed by atoms with Crippen LogP contribution in [-0.4, -0.2) is 16.1 Å². The van der Waals surface area contributed by atoms with E-state index in [-0.39, 0.29) is 6.42 Å². The van der Waals surface area contributed by atoms with Gasteiger partial charge in [0.1, 0.15) is 5.01 Å². The molecule has 2 rings (SSSR count). The van der Waals surface area contributed by atoms with Gasteiger partial charge < -0.3 is 5.11 Å². The SMILES string of the molecule is Cc1cc(Br)ccc1-c1nc(CC(=O)O)cs1. The number of hydrogen-bond acceptors (Lipinski definition) is 3. The maximum absolute atomic E-state index is 10.6. The summed E-state index contributed by atoms with van der Waals surface area (Å²) >= 11 is 4.89. The first-order valence-corrected chi connectivity index (χ1v) is 6.66. The number of carbonyl (C=O) groups is 1. The van der Waals surface area contributed by atoms with E-state index in [1.54, 1.807) is 5.38 Å². The van der Waals surface area contributed by atoms with Gasteiger partial charge in [0, 0.05) is 15.4 Å². The third-order valence-corrected chi connectivity index (χ3v) is 3.72. The smallest absolute Gasteiger partial charge is 0.309 e. The number of aryl methyl sites for hydroxylation is 1. The van der Waals surface area contributed by atoms with E-state index in [1.807, 2.05) is 25.1 Å². The van der Waals surface area contributed by atoms with Gasteiger partial charge in [0.05, 0.1) is 12.1 Å². The van der Waals surface area contributed by atoms with Gasteiger partial charge in [0.15, 0.2) is 0 Å². The lowest BCUT2D eigenvalue weighted by Crippen LogP contribution is -1.99. The molecule has 0 unspecified atom stereocenters. The van der Waals surface area contributed by atoms with Gasteiger partial charge in [0.2, 0.25) is 0 Å². The molecule has 0 radical (unpaired) electrons. The highest BCUT2D eigenvalue weighted by Gasteiger charge is 2.09. The van der Waals surface area contributed by atoms with E-state index < -0.39 is 5.97 Å². The number of hydrogen-bond donors (Lipinski definition) is 1. The normalized spacial score (nSPS) is 10.5. The van der Waals surface area contributed by atoms with Crippen molar-refractivity contribution in [3.8, 4) is 10.6 Å². The van der Waals surface area contributed by atoms with E-state index in [0.717, 1.165) is 20.6 Å². The topological polar surface area (TPSA) is 50.2 Å². The van der Waals surface area contributed by atoms with E-state index in [1.165, 1.54) is 11.3 Å². The maximum Gasteiger partial charge on any atom is 0.309 e. The summed E-state index contributed by atoms with van der Waals surface area (Å²) in [5.41, 5.74) is 2.78. The quantitative estimate of drug-likeness (QED) is 0.943. The summed E-state index contributed by atoms with van der Waals surface area (Å²) in [6, 6.07) is 5.97. The highest BCUT2D eigenvalue weighted by Crippen LogP contribution is 2.28. The molecule has 2 aromatic rings. The number of carboxylic acid groups (broad SMARTS) is 1. The van der Waals surface area contributed by atoms with Crippen LogP contribution < -0.4 is 0 Å². The largest absolute Gasteiger partial charge is 0.481 e. The van der Waals surface area contributed by atoms with Crippen LogP contribution in [0.3, 0.4) is 0 Å². The molecule has 5 heteroatoms. The Morgan fingerprint density at radius 2 is 2.29 bits per heavy atom. The first kappa shape index (κ1) is 12.3. The van der Waals surface area contributed by atoms with Crippen LogP contribution in [0.2, 0.25) is 0 Å². The van der Waals surface area contributed by atoms with Crippen LogP contribution in [0.25, 0.3) is 10.6 Å². The van der Waals surface area contributed by atoms with Crippen molar-refractivity contribution in [2.75, 3.05) is 0 Å². The summed E-state index contributed by atoms with van der Waals surface area (Å²) in [6.07, 6.45) is -0.0218. The van der Waals surface area contributed by atoms with Crippen LogP contribution in [0.4, 0.5) is 0 Å². The fourth-order valence-electron chi connectivity index (χ4n) is 1.53. The number of benzene rings is 1. The molecule has 0 aliphatic rings. The fraction of sp³-hybridized carbons (Fsp3) is 0.167. The van der Waals surface area contributed by atoms with E-state index in [4.69, 9.17) is 5.11 Å². The second-order valence-corrected chi connectivity index (χ2v) is 5.45. The van der Waals surface area contributed by atoms with Crippen molar-refractivity contribution in [2.24, 2.45) is 0 Å². The zero-order chi connectivity index (χ0) is 12.4. The maximum atomic E-state index is 10.6. The molecule has 88 valence electrons. The van der Waals surface area contributed by atoms with Crippen molar-refractivity contribution in [3.05, 3.63) is 39.3 Å². The minimum absolute atomic E-state index is 0.0218. The van der Waals surface area contributed by atoms with Crippen LogP contribution >= 0.6 is 27.3 Å². The number of aromatic nitrogens is 1. The summed E-state index contributed by atoms with van der Waals surface area (Å²) in [5.74, 6) is -0.852. The van der Waals surface area contributed by atoms with Gasteiger partial charge in [-0.2, -0.15) is 0 Å². The van der Waals surface area contributed by atoms with Crippen LogP contribution in [0.1, 0.15) is 11.3 Å². The Bertz CT molecular complexity index is 565. The fourth-order valence-corrected chi connectivity index (χ4v) is 2.92. The number of nitrogens with zero attached hydrogens (tertiary/aromatic N) is 1. The first-order chi connectivity index (χ1) is 8.06. The highest BCUT2D eigenvalue weighted by atomic mass is 79.9. The Kier molecular flexibility index (Phi) is 3.59. The van der Waals surface area contributed by atoms with Gasteiger partial charge in [-0.05, 0) is 24.6 Å². The molecule has 1 heterocycles. The molecular weight excluding hydrogens is 302 g/mol. The van der Waals surface area contributed by atoms with Crippen molar-refractivity contribution in [1.82, 2.24) is 4.98 Å². The van der Waals surface area contributed by atoms with E-state index in [0.29, 0.717) is 5.69 Å². The number of aliphatic carboxylic acids is 1. The van der Waals surface area contributed by atoms with Gasteiger partial charge >= 0.3 is 5.97 Å². The first-order valence-electron chi connectivity index (χ1n) is 4.99. The number of rotatable bonds is 3. The molecule has 0 bridgehead atoms. The lowest BCUT2D eigenvalue weighted by molar-refractivity contribution is -0.136. The van der Waals surface area contributed by atoms with Crippen molar-refractivity contribution >= 4 is 33.2 Å². The molecule has 0 atom stereocenters. The van der Waals surface area contributed by atoms with Crippen molar-refractivity contribution < 1.29 is 9.90 Å². The van der Waals surface area contributed by atoms with E-state index in [9.17, 15) is 4.79 Å². The average Bonchev–Trinajstić information content (AvgIpc) is 2.65. The van der Waals surface area contributed by atoms with Gasteiger partial charge in [-0.1, -0.05) is 22.0 Å².